The molecule has 0 spiro atoms. The largest absolute Gasteiger partial charge is 0.507 e. The highest BCUT2D eigenvalue weighted by Crippen LogP contribution is 2.44. The summed E-state index contributed by atoms with van der Waals surface area (Å²) in [4.78, 5) is 28.7. The van der Waals surface area contributed by atoms with Crippen molar-refractivity contribution in [1.82, 2.24) is 0 Å². The summed E-state index contributed by atoms with van der Waals surface area (Å²) in [6.45, 7) is 5.97. The fraction of sp³-hybridized carbons (Fsp3) is 0.231. The molecule has 0 saturated carbocycles. The van der Waals surface area contributed by atoms with Gasteiger partial charge >= 0.3 is 0 Å². The van der Waals surface area contributed by atoms with Gasteiger partial charge in [-0.3, -0.25) is 14.5 Å². The van der Waals surface area contributed by atoms with Crippen LogP contribution in [0, 0.1) is 13.8 Å². The zero-order valence-electron chi connectivity index (χ0n) is 18.1. The monoisotopic (exact) mass is 445 g/mol. The number of aryl methyl sites for hydroxylation is 2. The Morgan fingerprint density at radius 2 is 1.91 bits per heavy atom. The lowest BCUT2D eigenvalue weighted by Gasteiger charge is -2.25. The molecule has 0 bridgehead atoms. The van der Waals surface area contributed by atoms with E-state index in [1.54, 1.807) is 6.07 Å². The number of carbonyl (C=O) groups is 2. The smallest absolute Gasteiger partial charge is 0.300 e. The molecule has 1 saturated heterocycles. The van der Waals surface area contributed by atoms with Crippen LogP contribution in [-0.4, -0.2) is 22.9 Å². The van der Waals surface area contributed by atoms with Crippen molar-refractivity contribution < 1.29 is 19.4 Å². The Kier molecular flexibility index (Phi) is 4.90. The molecule has 162 valence electrons. The number of carbonyl (C=O) groups excluding carboxylic acids is 2. The van der Waals surface area contributed by atoms with Crippen molar-refractivity contribution in [3.8, 4) is 5.75 Å². The fourth-order valence-electron chi connectivity index (χ4n) is 4.42. The quantitative estimate of drug-likeness (QED) is 0.337. The summed E-state index contributed by atoms with van der Waals surface area (Å²) in [6, 6.07) is 14.2. The van der Waals surface area contributed by atoms with E-state index in [9.17, 15) is 14.7 Å². The zero-order valence-corrected chi connectivity index (χ0v) is 18.9. The molecule has 1 N–H and O–H groups in total. The van der Waals surface area contributed by atoms with Crippen LogP contribution in [-0.2, 0) is 16.0 Å². The maximum atomic E-state index is 13.2. The van der Waals surface area contributed by atoms with Gasteiger partial charge in [-0.25, -0.2) is 0 Å². The van der Waals surface area contributed by atoms with Gasteiger partial charge in [-0.2, -0.15) is 0 Å². The van der Waals surface area contributed by atoms with E-state index in [0.29, 0.717) is 11.3 Å². The first-order valence-corrected chi connectivity index (χ1v) is 11.4. The van der Waals surface area contributed by atoms with Crippen LogP contribution in [0.5, 0.6) is 5.75 Å². The number of hydrogen-bond donors (Lipinski definition) is 1. The maximum absolute atomic E-state index is 13.2. The number of ketones is 1. The van der Waals surface area contributed by atoms with E-state index in [-0.39, 0.29) is 17.4 Å². The van der Waals surface area contributed by atoms with Crippen LogP contribution in [0.25, 0.3) is 5.76 Å². The molecule has 1 fully saturated rings. The Labute approximate surface area is 190 Å². The second-order valence-electron chi connectivity index (χ2n) is 8.41. The SMILES string of the molecule is Cc1ccc(N2C(=O)C(=O)/C(=C(\O)c3ccc4c(c3)CC(C)O4)C2c2cccs2)cc1C. The lowest BCUT2D eigenvalue weighted by atomic mass is 9.98. The fourth-order valence-corrected chi connectivity index (χ4v) is 5.24. The molecule has 3 heterocycles. The Balaban J connectivity index is 1.67. The Hall–Kier alpha value is -3.38. The van der Waals surface area contributed by atoms with Crippen molar-refractivity contribution in [3.05, 3.63) is 86.6 Å². The summed E-state index contributed by atoms with van der Waals surface area (Å²) < 4.78 is 5.76. The number of Topliss-reactive ketones (excluding diaryl/α,β-unsaturated/α-hetero) is 1. The van der Waals surface area contributed by atoms with Crippen molar-refractivity contribution >= 4 is 34.5 Å². The number of aliphatic hydroxyl groups is 1. The summed E-state index contributed by atoms with van der Waals surface area (Å²) in [6.07, 6.45) is 0.811. The van der Waals surface area contributed by atoms with E-state index < -0.39 is 17.7 Å². The number of benzene rings is 2. The number of amides is 1. The van der Waals surface area contributed by atoms with Gasteiger partial charge in [0.05, 0.1) is 5.57 Å². The Morgan fingerprint density at radius 1 is 1.09 bits per heavy atom. The minimum atomic E-state index is -0.680. The van der Waals surface area contributed by atoms with E-state index in [4.69, 9.17) is 4.74 Å². The summed E-state index contributed by atoms with van der Waals surface area (Å²) >= 11 is 1.46. The summed E-state index contributed by atoms with van der Waals surface area (Å²) in [5.41, 5.74) is 4.39. The maximum Gasteiger partial charge on any atom is 0.300 e. The van der Waals surface area contributed by atoms with Gasteiger partial charge in [0.25, 0.3) is 11.7 Å². The van der Waals surface area contributed by atoms with Gasteiger partial charge in [0.15, 0.2) is 0 Å². The molecule has 5 rings (SSSR count). The number of thiophene rings is 1. The average molecular weight is 446 g/mol. The summed E-state index contributed by atoms with van der Waals surface area (Å²) in [5.74, 6) is -0.676. The number of nitrogens with zero attached hydrogens (tertiary/aromatic N) is 1. The molecule has 2 aliphatic heterocycles. The molecule has 6 heteroatoms. The highest BCUT2D eigenvalue weighted by atomic mass is 32.1. The van der Waals surface area contributed by atoms with Crippen LogP contribution in [0.3, 0.4) is 0 Å². The molecule has 2 aliphatic rings. The number of aliphatic hydroxyl groups excluding tert-OH is 1. The predicted octanol–water partition coefficient (Wildman–Crippen LogP) is 5.31. The van der Waals surface area contributed by atoms with Crippen LogP contribution in [0.4, 0.5) is 5.69 Å². The van der Waals surface area contributed by atoms with Crippen molar-refractivity contribution in [2.24, 2.45) is 0 Å². The molecule has 2 atom stereocenters. The molecule has 1 aromatic heterocycles. The third-order valence-electron chi connectivity index (χ3n) is 6.20. The standard InChI is InChI=1S/C26H23NO4S/c1-14-6-8-19(11-15(14)2)27-23(21-5-4-10-32-21)22(25(29)26(27)30)24(28)17-7-9-20-18(13-17)12-16(3)31-20/h4-11,13,16,23,28H,12H2,1-3H3/b24-22-. The molecular weight excluding hydrogens is 422 g/mol. The third-order valence-corrected chi connectivity index (χ3v) is 7.12. The van der Waals surface area contributed by atoms with Crippen LogP contribution in [0.15, 0.2) is 59.5 Å². The van der Waals surface area contributed by atoms with Gasteiger partial charge in [-0.05, 0) is 79.2 Å². The van der Waals surface area contributed by atoms with Crippen LogP contribution >= 0.6 is 11.3 Å². The normalized spacial score (nSPS) is 21.7. The third kappa shape index (κ3) is 3.22. The molecule has 0 aliphatic carbocycles. The Morgan fingerprint density at radius 3 is 2.62 bits per heavy atom. The first-order chi connectivity index (χ1) is 15.3. The number of hydrogen-bond acceptors (Lipinski definition) is 5. The molecule has 2 aromatic carbocycles. The van der Waals surface area contributed by atoms with Crippen molar-refractivity contribution in [2.75, 3.05) is 4.90 Å². The lowest BCUT2D eigenvalue weighted by Crippen LogP contribution is -2.29. The minimum Gasteiger partial charge on any atom is -0.507 e. The van der Waals surface area contributed by atoms with Gasteiger partial charge < -0.3 is 9.84 Å². The van der Waals surface area contributed by atoms with Crippen molar-refractivity contribution in [3.63, 3.8) is 0 Å². The number of fused-ring (bicyclic) bond motifs is 1. The highest BCUT2D eigenvalue weighted by Gasteiger charge is 2.47. The zero-order chi connectivity index (χ0) is 22.6. The van der Waals surface area contributed by atoms with E-state index in [1.807, 2.05) is 68.6 Å². The first-order valence-electron chi connectivity index (χ1n) is 10.6. The second kappa shape index (κ2) is 7.64. The number of ether oxygens (including phenoxy) is 1. The molecule has 32 heavy (non-hydrogen) atoms. The van der Waals surface area contributed by atoms with Crippen molar-refractivity contribution in [1.29, 1.82) is 0 Å². The van der Waals surface area contributed by atoms with Crippen molar-refractivity contribution in [2.45, 2.75) is 39.3 Å². The van der Waals surface area contributed by atoms with E-state index >= 15 is 0 Å². The van der Waals surface area contributed by atoms with Crippen LogP contribution in [0.2, 0.25) is 0 Å². The van der Waals surface area contributed by atoms with Gasteiger partial charge in [0.2, 0.25) is 0 Å². The average Bonchev–Trinajstić information content (AvgIpc) is 3.47. The molecule has 0 radical (unpaired) electrons. The second-order valence-corrected chi connectivity index (χ2v) is 9.39. The molecular formula is C26H23NO4S. The molecule has 5 nitrogen and oxygen atoms in total. The van der Waals surface area contributed by atoms with Crippen LogP contribution in [0.1, 0.15) is 40.1 Å². The molecule has 2 unspecified atom stereocenters. The topological polar surface area (TPSA) is 66.8 Å². The van der Waals surface area contributed by atoms with E-state index in [0.717, 1.165) is 33.7 Å². The minimum absolute atomic E-state index is 0.0730. The number of rotatable bonds is 3. The van der Waals surface area contributed by atoms with Gasteiger partial charge in [-0.15, -0.1) is 11.3 Å². The predicted molar refractivity (Wildman–Crippen MR) is 125 cm³/mol. The summed E-state index contributed by atoms with van der Waals surface area (Å²) in [7, 11) is 0. The van der Waals surface area contributed by atoms with Gasteiger partial charge in [-0.1, -0.05) is 12.1 Å². The first kappa shape index (κ1) is 20.5. The molecule has 1 amide bonds. The Bertz CT molecular complexity index is 1270. The number of anilines is 1. The lowest BCUT2D eigenvalue weighted by molar-refractivity contribution is -0.132. The summed E-state index contributed by atoms with van der Waals surface area (Å²) in [5, 5.41) is 13.2. The molecule has 3 aromatic rings. The highest BCUT2D eigenvalue weighted by molar-refractivity contribution is 7.10. The van der Waals surface area contributed by atoms with E-state index in [1.165, 1.54) is 16.2 Å². The van der Waals surface area contributed by atoms with E-state index in [2.05, 4.69) is 0 Å². The van der Waals surface area contributed by atoms with Gasteiger partial charge in [0, 0.05) is 22.5 Å². The van der Waals surface area contributed by atoms with Gasteiger partial charge in [0.1, 0.15) is 23.7 Å². The van der Waals surface area contributed by atoms with Crippen LogP contribution < -0.4 is 9.64 Å².